The second-order valence-electron chi connectivity index (χ2n) is 8.85. The highest BCUT2D eigenvalue weighted by atomic mass is 32.2. The number of aromatic nitrogens is 2. The molecular weight excluding hydrogens is 456 g/mol. The van der Waals surface area contributed by atoms with Gasteiger partial charge in [-0.15, -0.1) is 0 Å². The number of benzene rings is 2. The van der Waals surface area contributed by atoms with Gasteiger partial charge in [0, 0.05) is 37.8 Å². The Morgan fingerprint density at radius 3 is 2.50 bits per heavy atom. The standard InChI is InChI=1S/C24H28N4O5S/c29-23(17-7-9-20(10-8-17)34(31,32)25-16-19-4-3-15-33-19)27-13-11-18(12-14-27)28-22-6-2-1-5-21(22)26-24(28)30/h1-2,5-10,18-19,25H,3-4,11-16H2,(H,26,30). The molecule has 0 saturated carbocycles. The molecule has 2 aliphatic rings. The van der Waals surface area contributed by atoms with Crippen molar-refractivity contribution in [3.05, 3.63) is 64.6 Å². The van der Waals surface area contributed by atoms with Crippen molar-refractivity contribution < 1.29 is 17.9 Å². The molecule has 1 atom stereocenters. The van der Waals surface area contributed by atoms with Gasteiger partial charge in [-0.25, -0.2) is 17.9 Å². The van der Waals surface area contributed by atoms with E-state index in [1.165, 1.54) is 12.1 Å². The Balaban J connectivity index is 1.21. The van der Waals surface area contributed by atoms with E-state index in [-0.39, 0.29) is 35.2 Å². The molecule has 9 nitrogen and oxygen atoms in total. The predicted molar refractivity (Wildman–Crippen MR) is 127 cm³/mol. The minimum absolute atomic E-state index is 0.0233. The van der Waals surface area contributed by atoms with E-state index in [0.29, 0.717) is 38.1 Å². The molecule has 2 saturated heterocycles. The lowest BCUT2D eigenvalue weighted by Crippen LogP contribution is -2.40. The van der Waals surface area contributed by atoms with Gasteiger partial charge in [0.15, 0.2) is 0 Å². The molecule has 3 aromatic rings. The van der Waals surface area contributed by atoms with Crippen molar-refractivity contribution >= 4 is 27.0 Å². The fourth-order valence-corrected chi connectivity index (χ4v) is 5.88. The lowest BCUT2D eigenvalue weighted by atomic mass is 10.0. The van der Waals surface area contributed by atoms with Gasteiger partial charge in [0.05, 0.1) is 22.0 Å². The van der Waals surface area contributed by atoms with E-state index < -0.39 is 10.0 Å². The zero-order valence-electron chi connectivity index (χ0n) is 18.8. The Morgan fingerprint density at radius 2 is 1.79 bits per heavy atom. The van der Waals surface area contributed by atoms with E-state index in [0.717, 1.165) is 23.9 Å². The van der Waals surface area contributed by atoms with E-state index in [1.807, 2.05) is 24.3 Å². The number of amides is 1. The molecule has 34 heavy (non-hydrogen) atoms. The summed E-state index contributed by atoms with van der Waals surface area (Å²) in [6.07, 6.45) is 3.06. The SMILES string of the molecule is O=C(c1ccc(S(=O)(=O)NCC2CCCO2)cc1)N1CCC(n2c(=O)[nH]c3ccccc32)CC1. The van der Waals surface area contributed by atoms with Crippen LogP contribution in [0.25, 0.3) is 11.0 Å². The Hall–Kier alpha value is -2.95. The first-order valence-corrected chi connectivity index (χ1v) is 13.1. The van der Waals surface area contributed by atoms with Crippen molar-refractivity contribution in [2.24, 2.45) is 0 Å². The number of sulfonamides is 1. The summed E-state index contributed by atoms with van der Waals surface area (Å²) in [5.41, 5.74) is 2.00. The highest BCUT2D eigenvalue weighted by Gasteiger charge is 2.27. The fourth-order valence-electron chi connectivity index (χ4n) is 4.81. The number of aromatic amines is 1. The number of carbonyl (C=O) groups excluding carboxylic acids is 1. The number of ether oxygens (including phenoxy) is 1. The normalized spacial score (nSPS) is 19.6. The summed E-state index contributed by atoms with van der Waals surface area (Å²) in [5, 5.41) is 0. The largest absolute Gasteiger partial charge is 0.377 e. The molecule has 5 rings (SSSR count). The molecule has 10 heteroatoms. The predicted octanol–water partition coefficient (Wildman–Crippen LogP) is 2.26. The maximum Gasteiger partial charge on any atom is 0.326 e. The zero-order chi connectivity index (χ0) is 23.7. The maximum absolute atomic E-state index is 13.0. The summed E-state index contributed by atoms with van der Waals surface area (Å²) in [6.45, 7) is 1.97. The molecule has 2 N–H and O–H groups in total. The van der Waals surface area contributed by atoms with Crippen LogP contribution in [-0.4, -0.2) is 61.1 Å². The Bertz CT molecular complexity index is 1330. The number of nitrogens with one attached hydrogen (secondary N) is 2. The third-order valence-electron chi connectivity index (χ3n) is 6.68. The van der Waals surface area contributed by atoms with Crippen molar-refractivity contribution in [3.63, 3.8) is 0 Å². The summed E-state index contributed by atoms with van der Waals surface area (Å²) in [5.74, 6) is -0.138. The van der Waals surface area contributed by atoms with Gasteiger partial charge in [0.2, 0.25) is 10.0 Å². The number of likely N-dealkylation sites (tertiary alicyclic amines) is 1. The van der Waals surface area contributed by atoms with E-state index in [2.05, 4.69) is 9.71 Å². The van der Waals surface area contributed by atoms with Gasteiger partial charge in [-0.2, -0.15) is 0 Å². The van der Waals surface area contributed by atoms with Crippen LogP contribution in [0, 0.1) is 0 Å². The second-order valence-corrected chi connectivity index (χ2v) is 10.6. The van der Waals surface area contributed by atoms with Gasteiger partial charge in [0.25, 0.3) is 5.91 Å². The van der Waals surface area contributed by atoms with Crippen molar-refractivity contribution in [1.29, 1.82) is 0 Å². The lowest BCUT2D eigenvalue weighted by Gasteiger charge is -2.32. The maximum atomic E-state index is 13.0. The summed E-state index contributed by atoms with van der Waals surface area (Å²) < 4.78 is 34.9. The first-order chi connectivity index (χ1) is 16.4. The third-order valence-corrected chi connectivity index (χ3v) is 8.12. The minimum Gasteiger partial charge on any atom is -0.377 e. The number of nitrogens with zero attached hydrogens (tertiary/aromatic N) is 2. The molecule has 1 unspecified atom stereocenters. The molecule has 180 valence electrons. The molecule has 1 amide bonds. The van der Waals surface area contributed by atoms with Crippen LogP contribution in [0.1, 0.15) is 42.1 Å². The van der Waals surface area contributed by atoms with Gasteiger partial charge in [0.1, 0.15) is 0 Å². The molecule has 0 aliphatic carbocycles. The first-order valence-electron chi connectivity index (χ1n) is 11.6. The number of imidazole rings is 1. The number of carbonyl (C=O) groups is 1. The number of fused-ring (bicyclic) bond motifs is 1. The highest BCUT2D eigenvalue weighted by molar-refractivity contribution is 7.89. The molecule has 0 spiro atoms. The topological polar surface area (TPSA) is 113 Å². The highest BCUT2D eigenvalue weighted by Crippen LogP contribution is 2.26. The number of piperidine rings is 1. The van der Waals surface area contributed by atoms with Crippen LogP contribution in [0.3, 0.4) is 0 Å². The lowest BCUT2D eigenvalue weighted by molar-refractivity contribution is 0.0695. The van der Waals surface area contributed by atoms with Crippen molar-refractivity contribution in [1.82, 2.24) is 19.2 Å². The van der Waals surface area contributed by atoms with Gasteiger partial charge in [-0.05, 0) is 62.1 Å². The van der Waals surface area contributed by atoms with Gasteiger partial charge < -0.3 is 14.6 Å². The monoisotopic (exact) mass is 484 g/mol. The second kappa shape index (κ2) is 9.36. The van der Waals surface area contributed by atoms with Crippen LogP contribution >= 0.6 is 0 Å². The average Bonchev–Trinajstić information content (AvgIpc) is 3.49. The first kappa shape index (κ1) is 22.8. The van der Waals surface area contributed by atoms with Crippen LogP contribution in [0.4, 0.5) is 0 Å². The summed E-state index contributed by atoms with van der Waals surface area (Å²) in [6, 6.07) is 13.7. The molecule has 0 bridgehead atoms. The van der Waals surface area contributed by atoms with Crippen molar-refractivity contribution in [3.8, 4) is 0 Å². The Kier molecular flexibility index (Phi) is 6.28. The number of hydrogen-bond donors (Lipinski definition) is 2. The van der Waals surface area contributed by atoms with Crippen LogP contribution in [-0.2, 0) is 14.8 Å². The number of para-hydroxylation sites is 2. The van der Waals surface area contributed by atoms with E-state index >= 15 is 0 Å². The quantitative estimate of drug-likeness (QED) is 0.557. The van der Waals surface area contributed by atoms with Crippen LogP contribution in [0.2, 0.25) is 0 Å². The third kappa shape index (κ3) is 4.53. The number of rotatable bonds is 6. The van der Waals surface area contributed by atoms with Crippen LogP contribution < -0.4 is 10.4 Å². The summed E-state index contributed by atoms with van der Waals surface area (Å²) in [7, 11) is -3.66. The molecule has 3 heterocycles. The number of H-pyrrole nitrogens is 1. The summed E-state index contributed by atoms with van der Waals surface area (Å²) >= 11 is 0. The van der Waals surface area contributed by atoms with Gasteiger partial charge in [-0.1, -0.05) is 12.1 Å². The summed E-state index contributed by atoms with van der Waals surface area (Å²) in [4.78, 5) is 30.3. The Morgan fingerprint density at radius 1 is 1.06 bits per heavy atom. The van der Waals surface area contributed by atoms with Crippen LogP contribution in [0.15, 0.2) is 58.2 Å². The van der Waals surface area contributed by atoms with Crippen molar-refractivity contribution in [2.75, 3.05) is 26.2 Å². The van der Waals surface area contributed by atoms with E-state index in [9.17, 15) is 18.0 Å². The van der Waals surface area contributed by atoms with Gasteiger partial charge >= 0.3 is 5.69 Å². The van der Waals surface area contributed by atoms with Gasteiger partial charge in [-0.3, -0.25) is 9.36 Å². The smallest absolute Gasteiger partial charge is 0.326 e. The molecule has 2 fully saturated rings. The molecule has 0 radical (unpaired) electrons. The molecular formula is C24H28N4O5S. The Labute approximate surface area is 197 Å². The molecule has 1 aromatic heterocycles. The molecule has 2 aliphatic heterocycles. The average molecular weight is 485 g/mol. The zero-order valence-corrected chi connectivity index (χ0v) is 19.6. The fraction of sp³-hybridized carbons (Fsp3) is 0.417. The molecule has 2 aromatic carbocycles. The van der Waals surface area contributed by atoms with E-state index in [4.69, 9.17) is 4.74 Å². The van der Waals surface area contributed by atoms with E-state index in [1.54, 1.807) is 21.6 Å². The van der Waals surface area contributed by atoms with Crippen LogP contribution in [0.5, 0.6) is 0 Å². The van der Waals surface area contributed by atoms with Crippen molar-refractivity contribution in [2.45, 2.75) is 42.7 Å². The number of hydrogen-bond acceptors (Lipinski definition) is 5. The minimum atomic E-state index is -3.66.